The van der Waals surface area contributed by atoms with Gasteiger partial charge >= 0.3 is 0 Å². The number of hydrogen-bond donors (Lipinski definition) is 1. The first-order valence-corrected chi connectivity index (χ1v) is 9.99. The first-order chi connectivity index (χ1) is 10.4. The molecule has 1 saturated heterocycles. The Kier molecular flexibility index (Phi) is 4.32. The fourth-order valence-corrected chi connectivity index (χ4v) is 4.77. The van der Waals surface area contributed by atoms with Crippen molar-refractivity contribution in [1.82, 2.24) is 9.62 Å². The number of piperidine rings is 1. The molecule has 122 valence electrons. The summed E-state index contributed by atoms with van der Waals surface area (Å²) in [6, 6.07) is 8.76. The number of sulfonamides is 1. The third kappa shape index (κ3) is 3.70. The van der Waals surface area contributed by atoms with Crippen LogP contribution in [0.2, 0.25) is 0 Å². The van der Waals surface area contributed by atoms with E-state index in [1.807, 2.05) is 0 Å². The number of likely N-dealkylation sites (tertiary alicyclic amines) is 1. The van der Waals surface area contributed by atoms with Crippen molar-refractivity contribution in [2.45, 2.75) is 45.2 Å². The van der Waals surface area contributed by atoms with E-state index in [1.165, 1.54) is 30.2 Å². The number of aryl methyl sites for hydroxylation is 1. The van der Waals surface area contributed by atoms with Crippen LogP contribution in [0.4, 0.5) is 0 Å². The minimum atomic E-state index is -3.06. The van der Waals surface area contributed by atoms with E-state index in [0.717, 1.165) is 32.5 Å². The molecule has 1 spiro atoms. The van der Waals surface area contributed by atoms with Crippen LogP contribution in [0.3, 0.4) is 0 Å². The van der Waals surface area contributed by atoms with Gasteiger partial charge in [-0.1, -0.05) is 24.3 Å². The molecule has 22 heavy (non-hydrogen) atoms. The van der Waals surface area contributed by atoms with Gasteiger partial charge in [0, 0.05) is 12.6 Å². The van der Waals surface area contributed by atoms with Crippen LogP contribution in [-0.2, 0) is 16.6 Å². The van der Waals surface area contributed by atoms with Gasteiger partial charge in [0.15, 0.2) is 0 Å². The maximum Gasteiger partial charge on any atom is 0.208 e. The van der Waals surface area contributed by atoms with Crippen LogP contribution in [0, 0.1) is 12.3 Å². The van der Waals surface area contributed by atoms with Crippen molar-refractivity contribution in [3.8, 4) is 0 Å². The van der Waals surface area contributed by atoms with Gasteiger partial charge in [-0.05, 0) is 62.2 Å². The maximum atomic E-state index is 11.3. The summed E-state index contributed by atoms with van der Waals surface area (Å²) in [5.41, 5.74) is 3.18. The van der Waals surface area contributed by atoms with Crippen LogP contribution in [0.25, 0.3) is 0 Å². The van der Waals surface area contributed by atoms with Crippen LogP contribution in [-0.4, -0.2) is 38.7 Å². The van der Waals surface area contributed by atoms with Gasteiger partial charge in [-0.25, -0.2) is 13.1 Å². The summed E-state index contributed by atoms with van der Waals surface area (Å²) in [7, 11) is -3.06. The molecule has 1 heterocycles. The Morgan fingerprint density at radius 3 is 2.45 bits per heavy atom. The summed E-state index contributed by atoms with van der Waals surface area (Å²) in [4.78, 5) is 2.53. The van der Waals surface area contributed by atoms with Crippen molar-refractivity contribution >= 4 is 10.0 Å². The Bertz CT molecular complexity index is 626. The molecule has 2 aliphatic rings. The molecule has 1 aromatic carbocycles. The normalized spacial score (nSPS) is 22.6. The van der Waals surface area contributed by atoms with Gasteiger partial charge in [-0.15, -0.1) is 0 Å². The molecule has 1 aliphatic carbocycles. The average molecular weight is 322 g/mol. The first kappa shape index (κ1) is 16.0. The van der Waals surface area contributed by atoms with E-state index < -0.39 is 10.0 Å². The summed E-state index contributed by atoms with van der Waals surface area (Å²) in [6.45, 7) is 5.46. The fourth-order valence-electron chi connectivity index (χ4n) is 3.99. The second-order valence-corrected chi connectivity index (χ2v) is 8.98. The lowest BCUT2D eigenvalue weighted by Crippen LogP contribution is -2.54. The lowest BCUT2D eigenvalue weighted by molar-refractivity contribution is 0.0106. The van der Waals surface area contributed by atoms with Crippen molar-refractivity contribution in [2.24, 2.45) is 5.41 Å². The lowest BCUT2D eigenvalue weighted by atomic mass is 9.60. The summed E-state index contributed by atoms with van der Waals surface area (Å²) >= 11 is 0. The molecular weight excluding hydrogens is 296 g/mol. The summed E-state index contributed by atoms with van der Waals surface area (Å²) in [5.74, 6) is 0. The molecule has 3 rings (SSSR count). The van der Waals surface area contributed by atoms with Crippen LogP contribution >= 0.6 is 0 Å². The lowest BCUT2D eigenvalue weighted by Gasteiger charge is -2.52. The van der Waals surface area contributed by atoms with Crippen molar-refractivity contribution < 1.29 is 8.42 Å². The van der Waals surface area contributed by atoms with Crippen molar-refractivity contribution in [3.05, 3.63) is 35.4 Å². The second-order valence-electron chi connectivity index (χ2n) is 7.20. The van der Waals surface area contributed by atoms with Crippen LogP contribution < -0.4 is 4.72 Å². The highest BCUT2D eigenvalue weighted by atomic mass is 32.2. The molecule has 5 heteroatoms. The highest BCUT2D eigenvalue weighted by molar-refractivity contribution is 7.88. The molecule has 1 saturated carbocycles. The third-order valence-electron chi connectivity index (χ3n) is 5.31. The van der Waals surface area contributed by atoms with E-state index in [4.69, 9.17) is 0 Å². The predicted octanol–water partition coefficient (Wildman–Crippen LogP) is 2.29. The van der Waals surface area contributed by atoms with Crippen LogP contribution in [0.5, 0.6) is 0 Å². The van der Waals surface area contributed by atoms with Crippen molar-refractivity contribution in [3.63, 3.8) is 0 Å². The standard InChI is InChI=1S/C17H26N2O2S/c1-14-5-3-4-6-15(14)13-19-9-7-17(8-10-19)11-16(12-17)18-22(2,20)21/h3-6,16,18H,7-13H2,1-2H3. The molecule has 0 unspecified atom stereocenters. The zero-order valence-electron chi connectivity index (χ0n) is 13.5. The molecular formula is C17H26N2O2S. The SMILES string of the molecule is Cc1ccccc1CN1CCC2(CC1)CC(NS(C)(=O)=O)C2. The summed E-state index contributed by atoms with van der Waals surface area (Å²) < 4.78 is 25.3. The summed E-state index contributed by atoms with van der Waals surface area (Å²) in [6.07, 6.45) is 5.67. The van der Waals surface area contributed by atoms with E-state index in [0.29, 0.717) is 5.41 Å². The number of rotatable bonds is 4. The van der Waals surface area contributed by atoms with Gasteiger partial charge in [-0.3, -0.25) is 4.90 Å². The Morgan fingerprint density at radius 1 is 1.23 bits per heavy atom. The molecule has 0 radical (unpaired) electrons. The molecule has 0 atom stereocenters. The average Bonchev–Trinajstić information content (AvgIpc) is 2.40. The van der Waals surface area contributed by atoms with Crippen molar-refractivity contribution in [1.29, 1.82) is 0 Å². The quantitative estimate of drug-likeness (QED) is 0.925. The van der Waals surface area contributed by atoms with E-state index >= 15 is 0 Å². The Hall–Kier alpha value is -0.910. The maximum absolute atomic E-state index is 11.3. The topological polar surface area (TPSA) is 49.4 Å². The molecule has 1 N–H and O–H groups in total. The summed E-state index contributed by atoms with van der Waals surface area (Å²) in [5, 5.41) is 0. The van der Waals surface area contributed by atoms with Crippen LogP contribution in [0.1, 0.15) is 36.8 Å². The number of nitrogens with one attached hydrogen (secondary N) is 1. The Morgan fingerprint density at radius 2 is 1.86 bits per heavy atom. The van der Waals surface area contributed by atoms with Gasteiger partial charge in [0.1, 0.15) is 0 Å². The van der Waals surface area contributed by atoms with Gasteiger partial charge in [0.05, 0.1) is 6.26 Å². The van der Waals surface area contributed by atoms with Crippen molar-refractivity contribution in [2.75, 3.05) is 19.3 Å². The van der Waals surface area contributed by atoms with Gasteiger partial charge in [0.25, 0.3) is 0 Å². The largest absolute Gasteiger partial charge is 0.299 e. The first-order valence-electron chi connectivity index (χ1n) is 8.09. The zero-order chi connectivity index (χ0) is 15.8. The van der Waals surface area contributed by atoms with Gasteiger partial charge < -0.3 is 0 Å². The molecule has 2 fully saturated rings. The number of nitrogens with zero attached hydrogens (tertiary/aromatic N) is 1. The molecule has 0 aromatic heterocycles. The minimum Gasteiger partial charge on any atom is -0.299 e. The van der Waals surface area contributed by atoms with Crippen LogP contribution in [0.15, 0.2) is 24.3 Å². The molecule has 0 bridgehead atoms. The number of hydrogen-bond acceptors (Lipinski definition) is 3. The number of benzene rings is 1. The van der Waals surface area contributed by atoms with E-state index in [1.54, 1.807) is 0 Å². The Balaban J connectivity index is 1.49. The minimum absolute atomic E-state index is 0.165. The second kappa shape index (κ2) is 5.95. The molecule has 1 aliphatic heterocycles. The third-order valence-corrected chi connectivity index (χ3v) is 6.07. The van der Waals surface area contributed by atoms with E-state index in [9.17, 15) is 8.42 Å². The van der Waals surface area contributed by atoms with Gasteiger partial charge in [0.2, 0.25) is 10.0 Å². The monoisotopic (exact) mass is 322 g/mol. The predicted molar refractivity (Wildman–Crippen MR) is 89.1 cm³/mol. The molecule has 1 aromatic rings. The molecule has 0 amide bonds. The zero-order valence-corrected chi connectivity index (χ0v) is 14.3. The van der Waals surface area contributed by atoms with E-state index in [2.05, 4.69) is 40.8 Å². The fraction of sp³-hybridized carbons (Fsp3) is 0.647. The Labute approximate surface area is 134 Å². The van der Waals surface area contributed by atoms with Gasteiger partial charge in [-0.2, -0.15) is 0 Å². The van der Waals surface area contributed by atoms with E-state index in [-0.39, 0.29) is 6.04 Å². The molecule has 4 nitrogen and oxygen atoms in total. The highest BCUT2D eigenvalue weighted by Gasteiger charge is 2.46. The smallest absolute Gasteiger partial charge is 0.208 e. The highest BCUT2D eigenvalue weighted by Crippen LogP contribution is 2.49.